The van der Waals surface area contributed by atoms with E-state index in [1.165, 1.54) is 0 Å². The molecule has 0 amide bonds. The summed E-state index contributed by atoms with van der Waals surface area (Å²) in [5, 5.41) is 0. The van der Waals surface area contributed by atoms with Crippen molar-refractivity contribution in [3.05, 3.63) is 0 Å². The van der Waals surface area contributed by atoms with Gasteiger partial charge in [-0.25, -0.2) is 0 Å². The van der Waals surface area contributed by atoms with Crippen molar-refractivity contribution in [2.45, 2.75) is 0 Å². The zero-order chi connectivity index (χ0) is 2.00. The molecule has 0 aliphatic heterocycles. The minimum atomic E-state index is 0. The van der Waals surface area contributed by atoms with Crippen LogP contribution in [-0.2, 0) is 53.8 Å². The average Bonchev–Trinajstić information content (AvgIpc) is 1.00. The molecule has 0 bridgehead atoms. The van der Waals surface area contributed by atoms with Gasteiger partial charge in [0.15, 0.2) is 0 Å². The Balaban J connectivity index is -0.00000000500. The fourth-order valence-electron chi connectivity index (χ4n) is 0. The first kappa shape index (κ1) is 17.1. The van der Waals surface area contributed by atoms with E-state index in [-0.39, 0.29) is 34.1 Å². The minimum absolute atomic E-state index is 0. The van der Waals surface area contributed by atoms with Crippen LogP contribution < -0.4 is 0 Å². The van der Waals surface area contributed by atoms with Crippen LogP contribution in [-0.4, -0.2) is 6.11 Å². The fourth-order valence-corrected chi connectivity index (χ4v) is 0. The van der Waals surface area contributed by atoms with E-state index >= 15 is 0 Å². The van der Waals surface area contributed by atoms with Gasteiger partial charge in [-0.2, -0.15) is 0 Å². The third-order valence-electron chi connectivity index (χ3n) is 0. The molecular weight excluding hydrogens is 317 g/mol. The summed E-state index contributed by atoms with van der Waals surface area (Å²) in [6, 6.07) is 0. The molecule has 30 valence electrons. The van der Waals surface area contributed by atoms with E-state index in [1.54, 1.807) is 0 Å². The normalized spacial score (nSPS) is 1.50. The van der Waals surface area contributed by atoms with Crippen LogP contribution in [0.4, 0.5) is 0 Å². The van der Waals surface area contributed by atoms with Crippen LogP contribution in [0, 0.1) is 0 Å². The molecule has 0 atom stereocenters. The van der Waals surface area contributed by atoms with E-state index in [4.69, 9.17) is 0 Å². The second kappa shape index (κ2) is 21.5. The third-order valence-corrected chi connectivity index (χ3v) is 0. The Morgan fingerprint density at radius 2 is 1.25 bits per heavy atom. The molecule has 0 aromatic rings. The molecule has 4 heavy (non-hydrogen) atoms. The van der Waals surface area contributed by atoms with Crippen molar-refractivity contribution in [2.24, 2.45) is 0 Å². The molecule has 0 spiro atoms. The molecule has 0 N–H and O–H groups in total. The first-order valence-electron chi connectivity index (χ1n) is 0.316. The van der Waals surface area contributed by atoms with Crippen molar-refractivity contribution in [3.8, 4) is 0 Å². The summed E-state index contributed by atoms with van der Waals surface area (Å²) in [4.78, 5) is 0. The topological polar surface area (TPSA) is 0 Å². The maximum Gasteiger partial charge on any atom is 0 e. The van der Waals surface area contributed by atoms with Gasteiger partial charge in [-0.15, -0.1) is 0 Å². The molecule has 0 fully saturated rings. The predicted molar refractivity (Wildman–Crippen MR) is 8.54 cm³/mol. The zero-order valence-electron chi connectivity index (χ0n) is 2.06. The van der Waals surface area contributed by atoms with Gasteiger partial charge in [0.25, 0.3) is 0 Å². The monoisotopic (exact) mass is 319 g/mol. The van der Waals surface area contributed by atoms with Crippen LogP contribution in [0.25, 0.3) is 0 Å². The van der Waals surface area contributed by atoms with Gasteiger partial charge in [0.1, 0.15) is 0 Å². The van der Waals surface area contributed by atoms with E-state index in [0.29, 0.717) is 0 Å². The molecule has 0 aromatic carbocycles. The molecule has 0 aliphatic rings. The van der Waals surface area contributed by atoms with Crippen LogP contribution in [0.5, 0.6) is 0 Å². The van der Waals surface area contributed by atoms with E-state index in [1.807, 2.05) is 6.11 Å². The molecule has 0 aliphatic carbocycles. The van der Waals surface area contributed by atoms with Crippen LogP contribution in [0.15, 0.2) is 0 Å². The SMILES string of the molecule is [BH2][Pt].[Co].[Cr]. The third kappa shape index (κ3) is 9.20. The molecule has 4 heteroatoms. The minimum Gasteiger partial charge on any atom is 0 e. The maximum absolute atomic E-state index is 2.14. The first-order chi connectivity index (χ1) is 1.00. The van der Waals surface area contributed by atoms with Crippen molar-refractivity contribution in [1.29, 1.82) is 0 Å². The molecule has 0 nitrogen and oxygen atoms in total. The van der Waals surface area contributed by atoms with Crippen LogP contribution in [0.3, 0.4) is 0 Å². The van der Waals surface area contributed by atoms with Crippen molar-refractivity contribution in [2.75, 3.05) is 0 Å². The quantitative estimate of drug-likeness (QED) is 0.507. The predicted octanol–water partition coefficient (Wildman–Crippen LogP) is -0.924. The Morgan fingerprint density at radius 1 is 1.25 bits per heavy atom. The number of hydrogen-bond donors (Lipinski definition) is 0. The van der Waals surface area contributed by atoms with Crippen molar-refractivity contribution in [3.63, 3.8) is 0 Å². The van der Waals surface area contributed by atoms with Crippen molar-refractivity contribution < 1.29 is 53.8 Å². The van der Waals surface area contributed by atoms with Gasteiger partial charge in [0.2, 0.25) is 0 Å². The van der Waals surface area contributed by atoms with Gasteiger partial charge in [-0.1, -0.05) is 0 Å². The van der Waals surface area contributed by atoms with Crippen LogP contribution in [0.2, 0.25) is 0 Å². The van der Waals surface area contributed by atoms with Crippen molar-refractivity contribution >= 4 is 6.11 Å². The Kier molecular flexibility index (Phi) is 91.5. The Labute approximate surface area is 59.5 Å². The average molecular weight is 319 g/mol. The zero-order valence-corrected chi connectivity index (χ0v) is 6.65. The van der Waals surface area contributed by atoms with E-state index in [9.17, 15) is 0 Å². The maximum atomic E-state index is 2.14. The second-order valence-corrected chi connectivity index (χ2v) is 0. The standard InChI is InChI=1S/BH2.Co.Cr.Pt/h1H2;;;/q+1;;;-1. The van der Waals surface area contributed by atoms with Crippen LogP contribution >= 0.6 is 0 Å². The molecule has 0 saturated carbocycles. The van der Waals surface area contributed by atoms with Gasteiger partial charge >= 0.3 is 25.7 Å². The Morgan fingerprint density at radius 3 is 1.25 bits per heavy atom. The molecule has 0 saturated heterocycles. The van der Waals surface area contributed by atoms with E-state index < -0.39 is 0 Å². The molecule has 0 aromatic heterocycles. The van der Waals surface area contributed by atoms with Crippen LogP contribution in [0.1, 0.15) is 0 Å². The summed E-state index contributed by atoms with van der Waals surface area (Å²) in [6.45, 7) is 0. The summed E-state index contributed by atoms with van der Waals surface area (Å²) >= 11 is 2.14. The van der Waals surface area contributed by atoms with Gasteiger partial charge in [0.05, 0.1) is 0 Å². The van der Waals surface area contributed by atoms with E-state index in [0.717, 1.165) is 0 Å². The Bertz CT molecular complexity index is 8.00. The molecule has 1 radical (unpaired) electrons. The summed E-state index contributed by atoms with van der Waals surface area (Å²) in [6.07, 6.45) is 1.97. The molecule has 0 unspecified atom stereocenters. The van der Waals surface area contributed by atoms with Gasteiger partial charge in [-0.3, -0.25) is 0 Å². The van der Waals surface area contributed by atoms with Gasteiger partial charge < -0.3 is 0 Å². The largest absolute Gasteiger partial charge is 0 e. The summed E-state index contributed by atoms with van der Waals surface area (Å²) in [5.74, 6) is 0. The first-order valence-corrected chi connectivity index (χ1v) is 2.59. The summed E-state index contributed by atoms with van der Waals surface area (Å²) in [7, 11) is 0. The van der Waals surface area contributed by atoms with Gasteiger partial charge in [0, 0.05) is 34.1 Å². The Hall–Kier alpha value is 1.79. The number of rotatable bonds is 0. The smallest absolute Gasteiger partial charge is 0 e. The number of hydrogen-bond acceptors (Lipinski definition) is 0. The fraction of sp³-hybridized carbons (Fsp3) is 0. The van der Waals surface area contributed by atoms with Crippen molar-refractivity contribution in [1.82, 2.24) is 0 Å². The summed E-state index contributed by atoms with van der Waals surface area (Å²) < 4.78 is 0. The summed E-state index contributed by atoms with van der Waals surface area (Å²) in [5.41, 5.74) is 0. The molecular formula is H2BCoCrPt. The van der Waals surface area contributed by atoms with E-state index in [2.05, 4.69) is 19.6 Å². The molecule has 0 heterocycles. The second-order valence-electron chi connectivity index (χ2n) is 0. The molecule has 0 rings (SSSR count). The van der Waals surface area contributed by atoms with Gasteiger partial charge in [-0.05, 0) is 0 Å².